The summed E-state index contributed by atoms with van der Waals surface area (Å²) in [5, 5.41) is 9.04. The van der Waals surface area contributed by atoms with E-state index >= 15 is 0 Å². The van der Waals surface area contributed by atoms with E-state index in [0.29, 0.717) is 0 Å². The zero-order valence-electron chi connectivity index (χ0n) is 7.25. The molecule has 0 heterocycles. The molecule has 0 aliphatic rings. The highest BCUT2D eigenvalue weighted by atomic mass is 19.4. The Bertz CT molecular complexity index is 172. The highest BCUT2D eigenvalue weighted by Crippen LogP contribution is 2.41. The minimum Gasteiger partial charge on any atom is -0.390 e. The fraction of sp³-hybridized carbons (Fsp3) is 1.00. The molecule has 1 atom stereocenters. The molecule has 13 heavy (non-hydrogen) atoms. The number of aliphatic hydroxyl groups is 1. The third-order valence-corrected chi connectivity index (χ3v) is 1.78. The Labute approximate surface area is 72.6 Å². The fourth-order valence-electron chi connectivity index (χ4n) is 0.704. The van der Waals surface area contributed by atoms with Gasteiger partial charge in [-0.3, -0.25) is 0 Å². The van der Waals surface area contributed by atoms with Crippen LogP contribution in [0.2, 0.25) is 0 Å². The maximum atomic E-state index is 12.3. The van der Waals surface area contributed by atoms with Crippen molar-refractivity contribution in [2.75, 3.05) is 0 Å². The van der Waals surface area contributed by atoms with Crippen LogP contribution < -0.4 is 0 Å². The van der Waals surface area contributed by atoms with Crippen molar-refractivity contribution in [2.45, 2.75) is 44.4 Å². The molecule has 0 saturated carbocycles. The molecule has 0 aliphatic heterocycles. The molecule has 0 bridgehead atoms. The molecule has 0 aromatic carbocycles. The highest BCUT2D eigenvalue weighted by molar-refractivity contribution is 4.85. The molecule has 0 aromatic rings. The van der Waals surface area contributed by atoms with Crippen molar-refractivity contribution in [1.82, 2.24) is 0 Å². The van der Waals surface area contributed by atoms with Crippen molar-refractivity contribution < 1.29 is 27.1 Å². The number of alkyl halides is 5. The average Bonchev–Trinajstić information content (AvgIpc) is 1.83. The van der Waals surface area contributed by atoms with Crippen LogP contribution in [0, 0.1) is 0 Å². The summed E-state index contributed by atoms with van der Waals surface area (Å²) >= 11 is 0. The van der Waals surface area contributed by atoms with E-state index in [1.54, 1.807) is 0 Å². The minimum absolute atomic E-state index is 0.154. The summed E-state index contributed by atoms with van der Waals surface area (Å²) in [6, 6.07) is 0. The van der Waals surface area contributed by atoms with Crippen molar-refractivity contribution in [1.29, 1.82) is 0 Å². The minimum atomic E-state index is -5.59. The zero-order chi connectivity index (χ0) is 10.9. The molecule has 1 N–H and O–H groups in total. The zero-order valence-corrected chi connectivity index (χ0v) is 7.25. The van der Waals surface area contributed by atoms with E-state index in [2.05, 4.69) is 0 Å². The van der Waals surface area contributed by atoms with Crippen LogP contribution in [0.4, 0.5) is 22.0 Å². The summed E-state index contributed by atoms with van der Waals surface area (Å²) in [4.78, 5) is 0. The number of halogens is 5. The van der Waals surface area contributed by atoms with E-state index in [4.69, 9.17) is 5.11 Å². The maximum absolute atomic E-state index is 12.3. The molecule has 80 valence electrons. The van der Waals surface area contributed by atoms with Gasteiger partial charge in [0.05, 0.1) is 5.60 Å². The van der Waals surface area contributed by atoms with Crippen molar-refractivity contribution in [3.8, 4) is 0 Å². The maximum Gasteiger partial charge on any atom is 0.453 e. The van der Waals surface area contributed by atoms with Gasteiger partial charge >= 0.3 is 12.1 Å². The molecule has 0 aliphatic carbocycles. The Kier molecular flexibility index (Phi) is 3.30. The summed E-state index contributed by atoms with van der Waals surface area (Å²) in [5.74, 6) is -4.83. The van der Waals surface area contributed by atoms with E-state index in [1.807, 2.05) is 0 Å². The highest BCUT2D eigenvalue weighted by Gasteiger charge is 2.59. The molecule has 0 saturated heterocycles. The van der Waals surface area contributed by atoms with Gasteiger partial charge in [0, 0.05) is 6.42 Å². The first-order valence-electron chi connectivity index (χ1n) is 3.69. The van der Waals surface area contributed by atoms with Gasteiger partial charge in [-0.2, -0.15) is 22.0 Å². The second-order valence-electron chi connectivity index (χ2n) is 3.23. The lowest BCUT2D eigenvalue weighted by molar-refractivity contribution is -0.296. The van der Waals surface area contributed by atoms with E-state index in [1.165, 1.54) is 6.92 Å². The number of rotatable bonds is 3. The van der Waals surface area contributed by atoms with Gasteiger partial charge in [0.1, 0.15) is 0 Å². The predicted molar refractivity (Wildman–Crippen MR) is 36.5 cm³/mol. The molecule has 1 nitrogen and oxygen atoms in total. The second kappa shape index (κ2) is 3.40. The molecule has 0 fully saturated rings. The Balaban J connectivity index is 4.52. The molecule has 0 rings (SSSR count). The van der Waals surface area contributed by atoms with Crippen LogP contribution in [0.1, 0.15) is 26.7 Å². The molecule has 6 heteroatoms. The van der Waals surface area contributed by atoms with Crippen LogP contribution in [0.5, 0.6) is 0 Å². The fourth-order valence-corrected chi connectivity index (χ4v) is 0.704. The van der Waals surface area contributed by atoms with Gasteiger partial charge < -0.3 is 5.11 Å². The normalized spacial score (nSPS) is 18.5. The Morgan fingerprint density at radius 1 is 1.08 bits per heavy atom. The lowest BCUT2D eigenvalue weighted by Gasteiger charge is -2.28. The van der Waals surface area contributed by atoms with Gasteiger partial charge in [0.25, 0.3) is 0 Å². The molecule has 0 aromatic heterocycles. The van der Waals surface area contributed by atoms with Crippen molar-refractivity contribution in [2.24, 2.45) is 0 Å². The van der Waals surface area contributed by atoms with Crippen LogP contribution in [-0.4, -0.2) is 22.8 Å². The number of hydrogen-bond acceptors (Lipinski definition) is 1. The van der Waals surface area contributed by atoms with Crippen LogP contribution in [0.3, 0.4) is 0 Å². The molecular formula is C7H11F5O. The summed E-state index contributed by atoms with van der Waals surface area (Å²) in [6.07, 6.45) is -7.34. The molecule has 1 unspecified atom stereocenters. The Hall–Kier alpha value is -0.390. The van der Waals surface area contributed by atoms with E-state index < -0.39 is 24.1 Å². The van der Waals surface area contributed by atoms with Crippen molar-refractivity contribution >= 4 is 0 Å². The first-order chi connectivity index (χ1) is 5.52. The van der Waals surface area contributed by atoms with Crippen LogP contribution in [0.15, 0.2) is 0 Å². The Morgan fingerprint density at radius 2 is 1.46 bits per heavy atom. The lowest BCUT2D eigenvalue weighted by atomic mass is 9.95. The first-order valence-corrected chi connectivity index (χ1v) is 3.69. The van der Waals surface area contributed by atoms with Gasteiger partial charge in [-0.15, -0.1) is 0 Å². The first kappa shape index (κ1) is 12.6. The van der Waals surface area contributed by atoms with Gasteiger partial charge in [0.15, 0.2) is 0 Å². The van der Waals surface area contributed by atoms with E-state index in [0.717, 1.165) is 6.92 Å². The van der Waals surface area contributed by atoms with Crippen LogP contribution >= 0.6 is 0 Å². The van der Waals surface area contributed by atoms with Crippen LogP contribution in [-0.2, 0) is 0 Å². The van der Waals surface area contributed by atoms with Crippen molar-refractivity contribution in [3.63, 3.8) is 0 Å². The predicted octanol–water partition coefficient (Wildman–Crippen LogP) is 2.74. The monoisotopic (exact) mass is 206 g/mol. The molecule has 0 radical (unpaired) electrons. The molecular weight excluding hydrogens is 195 g/mol. The number of hydrogen-bond donors (Lipinski definition) is 1. The standard InChI is InChI=1S/C7H11F5O/c1-3-5(2,13)4-6(8,9)7(10,11)12/h13H,3-4H2,1-2H3. The molecule has 0 spiro atoms. The summed E-state index contributed by atoms with van der Waals surface area (Å²) in [7, 11) is 0. The topological polar surface area (TPSA) is 20.2 Å². The quantitative estimate of drug-likeness (QED) is 0.704. The Morgan fingerprint density at radius 3 is 1.69 bits per heavy atom. The largest absolute Gasteiger partial charge is 0.453 e. The van der Waals surface area contributed by atoms with Crippen LogP contribution in [0.25, 0.3) is 0 Å². The smallest absolute Gasteiger partial charge is 0.390 e. The van der Waals surface area contributed by atoms with Gasteiger partial charge in [-0.25, -0.2) is 0 Å². The average molecular weight is 206 g/mol. The van der Waals surface area contributed by atoms with Gasteiger partial charge in [0.2, 0.25) is 0 Å². The van der Waals surface area contributed by atoms with Crippen molar-refractivity contribution in [3.05, 3.63) is 0 Å². The lowest BCUT2D eigenvalue weighted by Crippen LogP contribution is -2.43. The summed E-state index contributed by atoms with van der Waals surface area (Å²) in [6.45, 7) is 2.29. The summed E-state index contributed by atoms with van der Waals surface area (Å²) in [5.41, 5.74) is -1.99. The molecule has 0 amide bonds. The van der Waals surface area contributed by atoms with Gasteiger partial charge in [-0.05, 0) is 13.3 Å². The third kappa shape index (κ3) is 3.46. The van der Waals surface area contributed by atoms with E-state index in [-0.39, 0.29) is 6.42 Å². The van der Waals surface area contributed by atoms with Gasteiger partial charge in [-0.1, -0.05) is 6.92 Å². The van der Waals surface area contributed by atoms with E-state index in [9.17, 15) is 22.0 Å². The second-order valence-corrected chi connectivity index (χ2v) is 3.23. The third-order valence-electron chi connectivity index (χ3n) is 1.78. The SMILES string of the molecule is CCC(C)(O)CC(F)(F)C(F)(F)F. The summed E-state index contributed by atoms with van der Waals surface area (Å²) < 4.78 is 59.6.